The Morgan fingerprint density at radius 1 is 1.40 bits per heavy atom. The number of amides is 1. The van der Waals surface area contributed by atoms with Crippen LogP contribution in [0.3, 0.4) is 0 Å². The van der Waals surface area contributed by atoms with Gasteiger partial charge in [0.25, 0.3) is 0 Å². The van der Waals surface area contributed by atoms with E-state index >= 15 is 0 Å². The number of carbonyl (C=O) groups excluding carboxylic acids is 1. The molecular formula is C17H21N3O3S2. The van der Waals surface area contributed by atoms with Crippen LogP contribution in [0.1, 0.15) is 18.2 Å². The second-order valence-corrected chi connectivity index (χ2v) is 9.31. The van der Waals surface area contributed by atoms with E-state index in [0.717, 1.165) is 10.6 Å². The van der Waals surface area contributed by atoms with Gasteiger partial charge in [-0.25, -0.2) is 13.4 Å². The number of hydrogen-bond donors (Lipinski definition) is 1. The van der Waals surface area contributed by atoms with Crippen LogP contribution in [0.2, 0.25) is 0 Å². The van der Waals surface area contributed by atoms with Crippen LogP contribution in [0.25, 0.3) is 0 Å². The summed E-state index contributed by atoms with van der Waals surface area (Å²) in [5, 5.41) is 4.73. The van der Waals surface area contributed by atoms with Gasteiger partial charge in [-0.15, -0.1) is 11.3 Å². The van der Waals surface area contributed by atoms with E-state index in [9.17, 15) is 13.2 Å². The van der Waals surface area contributed by atoms with Gasteiger partial charge in [0.2, 0.25) is 5.91 Å². The lowest BCUT2D eigenvalue weighted by Crippen LogP contribution is -2.36. The molecule has 2 aromatic rings. The molecule has 3 rings (SSSR count). The van der Waals surface area contributed by atoms with E-state index < -0.39 is 9.84 Å². The summed E-state index contributed by atoms with van der Waals surface area (Å²) in [6, 6.07) is 7.48. The van der Waals surface area contributed by atoms with Crippen LogP contribution in [-0.2, 0) is 21.1 Å². The number of anilines is 2. The number of carbonyl (C=O) groups is 1. The van der Waals surface area contributed by atoms with Crippen LogP contribution >= 0.6 is 11.3 Å². The van der Waals surface area contributed by atoms with Crippen LogP contribution < -0.4 is 10.2 Å². The van der Waals surface area contributed by atoms with Gasteiger partial charge >= 0.3 is 0 Å². The van der Waals surface area contributed by atoms with Crippen LogP contribution in [0.15, 0.2) is 35.8 Å². The van der Waals surface area contributed by atoms with Gasteiger partial charge in [-0.2, -0.15) is 0 Å². The predicted molar refractivity (Wildman–Crippen MR) is 101 cm³/mol. The minimum atomic E-state index is -2.93. The molecule has 8 heteroatoms. The Morgan fingerprint density at radius 3 is 2.80 bits per heavy atom. The number of nitrogens with zero attached hydrogens (tertiary/aromatic N) is 2. The second-order valence-electron chi connectivity index (χ2n) is 6.05. The van der Waals surface area contributed by atoms with Crippen molar-refractivity contribution < 1.29 is 13.2 Å². The number of rotatable bonds is 6. The highest BCUT2D eigenvalue weighted by Gasteiger charge is 2.31. The molecule has 0 radical (unpaired) electrons. The molecule has 1 aliphatic heterocycles. The molecule has 1 aliphatic rings. The summed E-state index contributed by atoms with van der Waals surface area (Å²) in [4.78, 5) is 19.4. The van der Waals surface area contributed by atoms with Crippen molar-refractivity contribution in [2.75, 3.05) is 28.3 Å². The quantitative estimate of drug-likeness (QED) is 0.833. The first kappa shape index (κ1) is 17.9. The summed E-state index contributed by atoms with van der Waals surface area (Å²) in [6.45, 7) is 2.72. The molecule has 1 fully saturated rings. The summed E-state index contributed by atoms with van der Waals surface area (Å²) in [6.07, 6.45) is 2.67. The highest BCUT2D eigenvalue weighted by molar-refractivity contribution is 7.91. The van der Waals surface area contributed by atoms with E-state index in [-0.39, 0.29) is 23.5 Å². The molecule has 1 unspecified atom stereocenters. The highest BCUT2D eigenvalue weighted by atomic mass is 32.2. The number of thiophene rings is 1. The minimum Gasteiger partial charge on any atom is -0.367 e. The summed E-state index contributed by atoms with van der Waals surface area (Å²) >= 11 is 1.55. The molecule has 0 aliphatic carbocycles. The van der Waals surface area contributed by atoms with Crippen LogP contribution in [0.4, 0.5) is 11.5 Å². The van der Waals surface area contributed by atoms with Gasteiger partial charge in [0.15, 0.2) is 9.84 Å². The van der Waals surface area contributed by atoms with Gasteiger partial charge in [0.1, 0.15) is 5.82 Å². The first-order valence-electron chi connectivity index (χ1n) is 8.22. The first-order chi connectivity index (χ1) is 12.0. The van der Waals surface area contributed by atoms with E-state index in [4.69, 9.17) is 0 Å². The fourth-order valence-corrected chi connectivity index (χ4v) is 5.50. The standard InChI is InChI=1S/C17H21N3O3S2/c1-2-20(14-7-9-25(22,23)12-14)13-5-6-16(18-11-13)19-17(21)10-15-4-3-8-24-15/h3-6,8,11,14H,2,7,9-10,12H2,1H3,(H,18,19,21). The lowest BCUT2D eigenvalue weighted by atomic mass is 10.2. The number of aromatic nitrogens is 1. The van der Waals surface area contributed by atoms with Gasteiger partial charge < -0.3 is 10.2 Å². The average molecular weight is 380 g/mol. The van der Waals surface area contributed by atoms with Crippen LogP contribution in [-0.4, -0.2) is 43.4 Å². The third-order valence-corrected chi connectivity index (χ3v) is 6.88. The topological polar surface area (TPSA) is 79.4 Å². The molecule has 134 valence electrons. The number of nitrogens with one attached hydrogen (secondary N) is 1. The van der Waals surface area contributed by atoms with E-state index in [0.29, 0.717) is 25.2 Å². The fraction of sp³-hybridized carbons (Fsp3) is 0.412. The molecule has 3 heterocycles. The molecule has 0 aromatic carbocycles. The molecule has 0 bridgehead atoms. The lowest BCUT2D eigenvalue weighted by molar-refractivity contribution is -0.115. The Morgan fingerprint density at radius 2 is 2.24 bits per heavy atom. The number of pyridine rings is 1. The SMILES string of the molecule is CCN(c1ccc(NC(=O)Cc2cccs2)nc1)C1CCS(=O)(=O)C1. The normalized spacial score (nSPS) is 18.8. The number of sulfone groups is 1. The number of hydrogen-bond acceptors (Lipinski definition) is 6. The highest BCUT2D eigenvalue weighted by Crippen LogP contribution is 2.24. The van der Waals surface area contributed by atoms with Crippen molar-refractivity contribution in [3.8, 4) is 0 Å². The molecule has 1 N–H and O–H groups in total. The summed E-state index contributed by atoms with van der Waals surface area (Å²) < 4.78 is 23.4. The third kappa shape index (κ3) is 4.58. The first-order valence-corrected chi connectivity index (χ1v) is 10.9. The monoisotopic (exact) mass is 379 g/mol. The third-order valence-electron chi connectivity index (χ3n) is 4.25. The van der Waals surface area contributed by atoms with Crippen molar-refractivity contribution in [3.05, 3.63) is 40.7 Å². The molecule has 0 spiro atoms. The Balaban J connectivity index is 1.63. The Kier molecular flexibility index (Phi) is 5.39. The predicted octanol–water partition coefficient (Wildman–Crippen LogP) is 2.34. The largest absolute Gasteiger partial charge is 0.367 e. The average Bonchev–Trinajstić information content (AvgIpc) is 3.19. The smallest absolute Gasteiger partial charge is 0.230 e. The molecule has 6 nitrogen and oxygen atoms in total. The van der Waals surface area contributed by atoms with Crippen molar-refractivity contribution in [2.45, 2.75) is 25.8 Å². The van der Waals surface area contributed by atoms with E-state index in [1.54, 1.807) is 23.6 Å². The molecule has 1 amide bonds. The van der Waals surface area contributed by atoms with Crippen molar-refractivity contribution in [2.24, 2.45) is 0 Å². The molecule has 2 aromatic heterocycles. The fourth-order valence-electron chi connectivity index (χ4n) is 3.06. The summed E-state index contributed by atoms with van der Waals surface area (Å²) in [7, 11) is -2.93. The maximum Gasteiger partial charge on any atom is 0.230 e. The second kappa shape index (κ2) is 7.53. The molecular weight excluding hydrogens is 358 g/mol. The molecule has 0 saturated carbocycles. The Hall–Kier alpha value is -1.93. The van der Waals surface area contributed by atoms with Crippen molar-refractivity contribution >= 4 is 38.6 Å². The van der Waals surface area contributed by atoms with Crippen LogP contribution in [0, 0.1) is 0 Å². The van der Waals surface area contributed by atoms with E-state index in [1.807, 2.05) is 30.5 Å². The zero-order valence-corrected chi connectivity index (χ0v) is 15.6. The van der Waals surface area contributed by atoms with Gasteiger partial charge in [-0.05, 0) is 36.9 Å². The molecule has 25 heavy (non-hydrogen) atoms. The van der Waals surface area contributed by atoms with Gasteiger partial charge in [0.05, 0.1) is 29.8 Å². The van der Waals surface area contributed by atoms with E-state index in [2.05, 4.69) is 15.2 Å². The van der Waals surface area contributed by atoms with Gasteiger partial charge in [-0.3, -0.25) is 4.79 Å². The van der Waals surface area contributed by atoms with Crippen LogP contribution in [0.5, 0.6) is 0 Å². The zero-order valence-electron chi connectivity index (χ0n) is 14.0. The van der Waals surface area contributed by atoms with Crippen molar-refractivity contribution in [3.63, 3.8) is 0 Å². The minimum absolute atomic E-state index is 0.00364. The van der Waals surface area contributed by atoms with Crippen molar-refractivity contribution in [1.29, 1.82) is 0 Å². The lowest BCUT2D eigenvalue weighted by Gasteiger charge is -2.28. The summed E-state index contributed by atoms with van der Waals surface area (Å²) in [5.74, 6) is 0.843. The van der Waals surface area contributed by atoms with Crippen molar-refractivity contribution in [1.82, 2.24) is 4.98 Å². The molecule has 1 saturated heterocycles. The zero-order chi connectivity index (χ0) is 17.9. The van der Waals surface area contributed by atoms with E-state index in [1.165, 1.54) is 0 Å². The molecule has 1 atom stereocenters. The maximum atomic E-state index is 12.0. The summed E-state index contributed by atoms with van der Waals surface area (Å²) in [5.41, 5.74) is 0.876. The van der Waals surface area contributed by atoms with Gasteiger partial charge in [0, 0.05) is 17.5 Å². The Bertz CT molecular complexity index is 817. The Labute approximate surface area is 151 Å². The maximum absolute atomic E-state index is 12.0. The van der Waals surface area contributed by atoms with Gasteiger partial charge in [-0.1, -0.05) is 6.07 Å².